The summed E-state index contributed by atoms with van der Waals surface area (Å²) < 4.78 is 27.6. The molecule has 0 saturated heterocycles. The van der Waals surface area contributed by atoms with Crippen LogP contribution in [0.2, 0.25) is 0 Å². The van der Waals surface area contributed by atoms with Crippen molar-refractivity contribution in [3.8, 4) is 5.75 Å². The molecule has 2 aromatic rings. The molecule has 3 N–H and O–H groups in total. The predicted molar refractivity (Wildman–Crippen MR) is 114 cm³/mol. The summed E-state index contributed by atoms with van der Waals surface area (Å²) in [6.07, 6.45) is 7.47. The van der Waals surface area contributed by atoms with Gasteiger partial charge in [0, 0.05) is 17.8 Å². The SMILES string of the molecule is Cc1cc(C(=O)Nc2ccc(S(=O)(=O)NCCC3=CCCCC3)cc2)ccc1O. The van der Waals surface area contributed by atoms with E-state index < -0.39 is 10.0 Å². The number of carbonyl (C=O) groups is 1. The number of allylic oxidation sites excluding steroid dienone is 1. The Bertz CT molecular complexity index is 1010. The number of sulfonamides is 1. The molecule has 0 heterocycles. The number of carbonyl (C=O) groups excluding carboxylic acids is 1. The van der Waals surface area contributed by atoms with Crippen molar-refractivity contribution < 1.29 is 18.3 Å². The van der Waals surface area contributed by atoms with Crippen molar-refractivity contribution in [2.45, 2.75) is 43.9 Å². The van der Waals surface area contributed by atoms with Crippen molar-refractivity contribution in [1.82, 2.24) is 4.72 Å². The first-order valence-electron chi connectivity index (χ1n) is 9.74. The molecule has 154 valence electrons. The summed E-state index contributed by atoms with van der Waals surface area (Å²) in [4.78, 5) is 12.5. The van der Waals surface area contributed by atoms with E-state index in [-0.39, 0.29) is 16.6 Å². The van der Waals surface area contributed by atoms with Gasteiger partial charge in [-0.2, -0.15) is 0 Å². The molecule has 1 amide bonds. The van der Waals surface area contributed by atoms with Gasteiger partial charge in [0.05, 0.1) is 4.90 Å². The van der Waals surface area contributed by atoms with E-state index in [0.29, 0.717) is 23.4 Å². The lowest BCUT2D eigenvalue weighted by Crippen LogP contribution is -2.25. The van der Waals surface area contributed by atoms with E-state index in [0.717, 1.165) is 19.3 Å². The summed E-state index contributed by atoms with van der Waals surface area (Å²) >= 11 is 0. The minimum absolute atomic E-state index is 0.128. The molecule has 0 aromatic heterocycles. The highest BCUT2D eigenvalue weighted by Gasteiger charge is 2.15. The molecule has 0 spiro atoms. The molecule has 0 atom stereocenters. The van der Waals surface area contributed by atoms with Crippen LogP contribution in [0.25, 0.3) is 0 Å². The van der Waals surface area contributed by atoms with E-state index in [1.54, 1.807) is 25.1 Å². The Morgan fingerprint density at radius 2 is 1.86 bits per heavy atom. The summed E-state index contributed by atoms with van der Waals surface area (Å²) in [5.74, 6) is -0.203. The molecular weight excluding hydrogens is 388 g/mol. The number of phenols is 1. The lowest BCUT2D eigenvalue weighted by molar-refractivity contribution is 0.102. The maximum atomic E-state index is 12.5. The molecule has 29 heavy (non-hydrogen) atoms. The van der Waals surface area contributed by atoms with E-state index in [2.05, 4.69) is 16.1 Å². The largest absolute Gasteiger partial charge is 0.508 e. The third kappa shape index (κ3) is 5.68. The molecule has 3 rings (SSSR count). The molecule has 2 aromatic carbocycles. The maximum Gasteiger partial charge on any atom is 0.255 e. The monoisotopic (exact) mass is 414 g/mol. The second-order valence-electron chi connectivity index (χ2n) is 7.24. The zero-order valence-electron chi connectivity index (χ0n) is 16.4. The summed E-state index contributed by atoms with van der Waals surface area (Å²) in [5, 5.41) is 12.3. The van der Waals surface area contributed by atoms with Crippen LogP contribution in [0.15, 0.2) is 59.0 Å². The quantitative estimate of drug-likeness (QED) is 0.594. The van der Waals surface area contributed by atoms with Gasteiger partial charge < -0.3 is 10.4 Å². The Kier molecular flexibility index (Phi) is 6.71. The summed E-state index contributed by atoms with van der Waals surface area (Å²) in [7, 11) is -3.59. The number of anilines is 1. The number of amides is 1. The summed E-state index contributed by atoms with van der Waals surface area (Å²) in [6, 6.07) is 10.7. The highest BCUT2D eigenvalue weighted by atomic mass is 32.2. The van der Waals surface area contributed by atoms with Crippen LogP contribution in [0.3, 0.4) is 0 Å². The summed E-state index contributed by atoms with van der Waals surface area (Å²) in [6.45, 7) is 2.09. The van der Waals surface area contributed by atoms with Gasteiger partial charge in [0.15, 0.2) is 0 Å². The van der Waals surface area contributed by atoms with Crippen LogP contribution in [0.4, 0.5) is 5.69 Å². The Morgan fingerprint density at radius 3 is 2.52 bits per heavy atom. The van der Waals surface area contributed by atoms with Gasteiger partial charge in [-0.1, -0.05) is 11.6 Å². The Hall–Kier alpha value is -2.64. The second-order valence-corrected chi connectivity index (χ2v) is 9.00. The number of phenolic OH excluding ortho intramolecular Hbond substituents is 1. The molecule has 0 aliphatic heterocycles. The van der Waals surface area contributed by atoms with Gasteiger partial charge in [-0.15, -0.1) is 0 Å². The lowest BCUT2D eigenvalue weighted by atomic mass is 9.97. The van der Waals surface area contributed by atoms with Crippen LogP contribution in [0.1, 0.15) is 48.0 Å². The van der Waals surface area contributed by atoms with Crippen LogP contribution < -0.4 is 10.0 Å². The molecule has 0 unspecified atom stereocenters. The zero-order valence-corrected chi connectivity index (χ0v) is 17.3. The number of hydrogen-bond donors (Lipinski definition) is 3. The fourth-order valence-corrected chi connectivity index (χ4v) is 4.31. The average molecular weight is 415 g/mol. The number of rotatable bonds is 7. The lowest BCUT2D eigenvalue weighted by Gasteiger charge is -2.13. The van der Waals surface area contributed by atoms with Gasteiger partial charge in [-0.3, -0.25) is 4.79 Å². The number of benzene rings is 2. The molecule has 1 aliphatic rings. The first-order chi connectivity index (χ1) is 13.8. The average Bonchev–Trinajstić information content (AvgIpc) is 2.71. The van der Waals surface area contributed by atoms with Gasteiger partial charge in [-0.25, -0.2) is 13.1 Å². The Morgan fingerprint density at radius 1 is 1.10 bits per heavy atom. The van der Waals surface area contributed by atoms with Crippen molar-refractivity contribution in [3.63, 3.8) is 0 Å². The van der Waals surface area contributed by atoms with Gasteiger partial charge >= 0.3 is 0 Å². The molecule has 0 bridgehead atoms. The molecule has 1 aliphatic carbocycles. The topological polar surface area (TPSA) is 95.5 Å². The van der Waals surface area contributed by atoms with E-state index in [1.165, 1.54) is 42.7 Å². The maximum absolute atomic E-state index is 12.5. The highest BCUT2D eigenvalue weighted by molar-refractivity contribution is 7.89. The van der Waals surface area contributed by atoms with Gasteiger partial charge in [0.2, 0.25) is 10.0 Å². The number of aromatic hydroxyl groups is 1. The smallest absolute Gasteiger partial charge is 0.255 e. The first-order valence-corrected chi connectivity index (χ1v) is 11.2. The minimum Gasteiger partial charge on any atom is -0.508 e. The van der Waals surface area contributed by atoms with E-state index in [4.69, 9.17) is 0 Å². The molecular formula is C22H26N2O4S. The van der Waals surface area contributed by atoms with Crippen molar-refractivity contribution in [3.05, 3.63) is 65.2 Å². The van der Waals surface area contributed by atoms with Crippen molar-refractivity contribution in [2.24, 2.45) is 0 Å². The highest BCUT2D eigenvalue weighted by Crippen LogP contribution is 2.21. The van der Waals surface area contributed by atoms with Crippen LogP contribution in [0.5, 0.6) is 5.75 Å². The number of hydrogen-bond acceptors (Lipinski definition) is 4. The molecule has 6 nitrogen and oxygen atoms in total. The zero-order chi connectivity index (χ0) is 20.9. The van der Waals surface area contributed by atoms with E-state index >= 15 is 0 Å². The van der Waals surface area contributed by atoms with Gasteiger partial charge in [0.25, 0.3) is 5.91 Å². The van der Waals surface area contributed by atoms with E-state index in [9.17, 15) is 18.3 Å². The number of nitrogens with one attached hydrogen (secondary N) is 2. The van der Waals surface area contributed by atoms with Gasteiger partial charge in [0.1, 0.15) is 5.75 Å². The third-order valence-electron chi connectivity index (χ3n) is 5.00. The molecule has 0 fully saturated rings. The minimum atomic E-state index is -3.59. The van der Waals surface area contributed by atoms with E-state index in [1.807, 2.05) is 0 Å². The summed E-state index contributed by atoms with van der Waals surface area (Å²) in [5.41, 5.74) is 2.83. The van der Waals surface area contributed by atoms with Crippen LogP contribution in [-0.4, -0.2) is 26.0 Å². The van der Waals surface area contributed by atoms with Crippen molar-refractivity contribution in [1.29, 1.82) is 0 Å². The number of aryl methyl sites for hydroxylation is 1. The Labute approximate surface area is 171 Å². The second kappa shape index (κ2) is 9.24. The Balaban J connectivity index is 1.58. The fourth-order valence-electron chi connectivity index (χ4n) is 3.28. The first kappa shape index (κ1) is 21.1. The third-order valence-corrected chi connectivity index (χ3v) is 6.48. The predicted octanol–water partition coefficient (Wildman–Crippen LogP) is 4.12. The van der Waals surface area contributed by atoms with Crippen LogP contribution >= 0.6 is 0 Å². The van der Waals surface area contributed by atoms with Crippen LogP contribution in [0, 0.1) is 6.92 Å². The standard InChI is InChI=1S/C22H26N2O4S/c1-16-15-18(7-12-21(16)25)22(26)24-19-8-10-20(11-9-19)29(27,28)23-14-13-17-5-3-2-4-6-17/h5,7-12,15,23,25H,2-4,6,13-14H2,1H3,(H,24,26). The normalized spacial score (nSPS) is 14.3. The molecule has 0 saturated carbocycles. The van der Waals surface area contributed by atoms with Crippen molar-refractivity contribution in [2.75, 3.05) is 11.9 Å². The molecule has 0 radical (unpaired) electrons. The van der Waals surface area contributed by atoms with Gasteiger partial charge in [-0.05, 0) is 87.1 Å². The fraction of sp³-hybridized carbons (Fsp3) is 0.318. The van der Waals surface area contributed by atoms with Crippen LogP contribution in [-0.2, 0) is 10.0 Å². The van der Waals surface area contributed by atoms with Crippen molar-refractivity contribution >= 4 is 21.6 Å². The molecule has 7 heteroatoms.